The van der Waals surface area contributed by atoms with Crippen molar-refractivity contribution in [3.05, 3.63) is 106 Å². The Morgan fingerprint density at radius 3 is 1.63 bits per heavy atom. The van der Waals surface area contributed by atoms with Crippen molar-refractivity contribution in [3.63, 3.8) is 0 Å². The van der Waals surface area contributed by atoms with Crippen molar-refractivity contribution in [1.82, 2.24) is 0 Å². The normalized spacial score (nSPS) is 12.2. The molecule has 0 amide bonds. The number of alkyl halides is 4. The molecule has 0 radical (unpaired) electrons. The van der Waals surface area contributed by atoms with E-state index in [1.54, 1.807) is 6.92 Å². The van der Waals surface area contributed by atoms with Crippen molar-refractivity contribution < 1.29 is 62.2 Å². The molecular weight excluding hydrogens is 584 g/mol. The van der Waals surface area contributed by atoms with Crippen molar-refractivity contribution in [2.75, 3.05) is 0 Å². The lowest BCUT2D eigenvalue weighted by Gasteiger charge is -2.22. The molecule has 0 saturated carbocycles. The Morgan fingerprint density at radius 1 is 0.585 bits per heavy atom. The number of aryl methyl sites for hydroxylation is 1. The predicted molar refractivity (Wildman–Crippen MR) is 120 cm³/mol. The highest BCUT2D eigenvalue weighted by atomic mass is 19.3. The molecule has 0 aliphatic carbocycles. The lowest BCUT2D eigenvalue weighted by Crippen LogP contribution is -2.27. The number of ether oxygens (including phenoxy) is 2. The van der Waals surface area contributed by atoms with E-state index in [4.69, 9.17) is 0 Å². The van der Waals surface area contributed by atoms with Gasteiger partial charge in [-0.25, -0.2) is 35.1 Å². The van der Waals surface area contributed by atoms with Crippen LogP contribution < -0.4 is 9.47 Å². The lowest BCUT2D eigenvalue weighted by atomic mass is 9.99. The van der Waals surface area contributed by atoms with Crippen LogP contribution >= 0.6 is 0 Å². The van der Waals surface area contributed by atoms with Crippen LogP contribution in [-0.4, -0.2) is 0 Å². The summed E-state index contributed by atoms with van der Waals surface area (Å²) < 4.78 is 179. The number of rotatable bonds is 8. The maximum atomic E-state index is 15.0. The van der Waals surface area contributed by atoms with Gasteiger partial charge < -0.3 is 9.47 Å². The third-order valence-corrected chi connectivity index (χ3v) is 5.79. The van der Waals surface area contributed by atoms with Crippen molar-refractivity contribution in [2.24, 2.45) is 0 Å². The number of fused-ring (bicyclic) bond motifs is 1. The van der Waals surface area contributed by atoms with Crippen molar-refractivity contribution in [2.45, 2.75) is 32.0 Å². The Morgan fingerprint density at radius 2 is 1.10 bits per heavy atom. The second-order valence-electron chi connectivity index (χ2n) is 8.64. The molecule has 2 nitrogen and oxygen atoms in total. The van der Waals surface area contributed by atoms with E-state index in [9.17, 15) is 52.7 Å². The summed E-state index contributed by atoms with van der Waals surface area (Å²) in [5, 5.41) is -1.42. The van der Waals surface area contributed by atoms with E-state index < -0.39 is 86.8 Å². The van der Waals surface area contributed by atoms with Crippen LogP contribution in [0.2, 0.25) is 0 Å². The second kappa shape index (κ2) is 10.7. The van der Waals surface area contributed by atoms with Gasteiger partial charge >= 0.3 is 12.2 Å². The minimum atomic E-state index is -5.02. The molecule has 4 aromatic carbocycles. The van der Waals surface area contributed by atoms with Gasteiger partial charge in [-0.2, -0.15) is 17.6 Å². The van der Waals surface area contributed by atoms with Gasteiger partial charge in [-0.05, 0) is 29.5 Å². The lowest BCUT2D eigenvalue weighted by molar-refractivity contribution is -0.191. The molecule has 0 bridgehead atoms. The molecule has 0 fully saturated rings. The maximum Gasteiger partial charge on any atom is 0.432 e. The topological polar surface area (TPSA) is 18.5 Å². The van der Waals surface area contributed by atoms with Gasteiger partial charge in [0.2, 0.25) is 0 Å². The van der Waals surface area contributed by atoms with Gasteiger partial charge in [0, 0.05) is 24.3 Å². The maximum absolute atomic E-state index is 15.0. The summed E-state index contributed by atoms with van der Waals surface area (Å²) in [4.78, 5) is 0. The minimum absolute atomic E-state index is 0.0441. The molecule has 0 saturated heterocycles. The summed E-state index contributed by atoms with van der Waals surface area (Å²) in [5.74, 6) is -18.5. The van der Waals surface area contributed by atoms with Gasteiger partial charge in [0.15, 0.2) is 29.1 Å². The SMILES string of the molecule is CCCc1cc2ccc(C(F)(F)Oc3cc(F)c(C(F)(F)Oc4cc(F)c(F)c(F)c4)c(F)c3)c(F)c2c(F)c1F. The molecule has 218 valence electrons. The zero-order valence-electron chi connectivity index (χ0n) is 20.3. The molecule has 0 atom stereocenters. The zero-order chi connectivity index (χ0) is 30.4. The number of hydrogen-bond acceptors (Lipinski definition) is 2. The van der Waals surface area contributed by atoms with E-state index in [1.165, 1.54) is 0 Å². The predicted octanol–water partition coefficient (Wildman–Crippen LogP) is 9.16. The summed E-state index contributed by atoms with van der Waals surface area (Å²) in [6.07, 6.45) is -9.36. The highest BCUT2D eigenvalue weighted by Crippen LogP contribution is 2.41. The fraction of sp³-hybridized carbons (Fsp3) is 0.185. The molecule has 0 aliphatic heterocycles. The Hall–Kier alpha value is -4.10. The first-order valence-corrected chi connectivity index (χ1v) is 11.4. The van der Waals surface area contributed by atoms with Gasteiger partial charge in [0.25, 0.3) is 0 Å². The smallest absolute Gasteiger partial charge is 0.429 e. The van der Waals surface area contributed by atoms with Crippen molar-refractivity contribution in [1.29, 1.82) is 0 Å². The van der Waals surface area contributed by atoms with E-state index in [0.717, 1.165) is 12.1 Å². The van der Waals surface area contributed by atoms with Gasteiger partial charge in [-0.15, -0.1) is 0 Å². The summed E-state index contributed by atoms with van der Waals surface area (Å²) in [6.45, 7) is 1.66. The summed E-state index contributed by atoms with van der Waals surface area (Å²) in [7, 11) is 0. The summed E-state index contributed by atoms with van der Waals surface area (Å²) in [5.41, 5.74) is -4.02. The van der Waals surface area contributed by atoms with Crippen molar-refractivity contribution >= 4 is 10.8 Å². The Kier molecular flexibility index (Phi) is 7.80. The van der Waals surface area contributed by atoms with E-state index in [2.05, 4.69) is 9.47 Å². The third kappa shape index (κ3) is 5.59. The first-order valence-electron chi connectivity index (χ1n) is 11.4. The monoisotopic (exact) mass is 598 g/mol. The zero-order valence-corrected chi connectivity index (χ0v) is 20.3. The summed E-state index contributed by atoms with van der Waals surface area (Å²) >= 11 is 0. The quantitative estimate of drug-likeness (QED) is 0.149. The molecule has 41 heavy (non-hydrogen) atoms. The van der Waals surface area contributed by atoms with Crippen LogP contribution in [0, 0.1) is 46.5 Å². The third-order valence-electron chi connectivity index (χ3n) is 5.79. The molecule has 0 aromatic heterocycles. The molecule has 4 rings (SSSR count). The van der Waals surface area contributed by atoms with Crippen LogP contribution in [0.4, 0.5) is 52.7 Å². The second-order valence-corrected chi connectivity index (χ2v) is 8.64. The molecule has 0 heterocycles. The molecule has 4 aromatic rings. The van der Waals surface area contributed by atoms with Crippen molar-refractivity contribution in [3.8, 4) is 11.5 Å². The largest absolute Gasteiger partial charge is 0.432 e. The van der Waals surface area contributed by atoms with Crippen LogP contribution in [0.5, 0.6) is 11.5 Å². The highest BCUT2D eigenvalue weighted by Gasteiger charge is 2.43. The molecular formula is C27H14F12O2. The highest BCUT2D eigenvalue weighted by molar-refractivity contribution is 5.85. The van der Waals surface area contributed by atoms with Crippen LogP contribution in [0.25, 0.3) is 10.8 Å². The number of halogens is 12. The first-order chi connectivity index (χ1) is 19.1. The fourth-order valence-electron chi connectivity index (χ4n) is 3.99. The average Bonchev–Trinajstić information content (AvgIpc) is 2.84. The first kappa shape index (κ1) is 29.9. The van der Waals surface area contributed by atoms with Gasteiger partial charge in [-0.1, -0.05) is 19.4 Å². The molecule has 0 aliphatic rings. The Balaban J connectivity index is 1.67. The van der Waals surface area contributed by atoms with Crippen LogP contribution in [0.3, 0.4) is 0 Å². The van der Waals surface area contributed by atoms with E-state index in [0.29, 0.717) is 12.5 Å². The van der Waals surface area contributed by atoms with E-state index in [1.807, 2.05) is 0 Å². The summed E-state index contributed by atoms with van der Waals surface area (Å²) in [6, 6.07) is 1.93. The van der Waals surface area contributed by atoms with Crippen LogP contribution in [0.1, 0.15) is 30.0 Å². The van der Waals surface area contributed by atoms with Gasteiger partial charge in [0.1, 0.15) is 40.1 Å². The number of hydrogen-bond donors (Lipinski definition) is 0. The Labute approximate surface area is 222 Å². The van der Waals surface area contributed by atoms with Crippen LogP contribution in [0.15, 0.2) is 42.5 Å². The van der Waals surface area contributed by atoms with E-state index >= 15 is 0 Å². The minimum Gasteiger partial charge on any atom is -0.429 e. The van der Waals surface area contributed by atoms with Gasteiger partial charge in [-0.3, -0.25) is 0 Å². The van der Waals surface area contributed by atoms with Gasteiger partial charge in [0.05, 0.1) is 5.39 Å². The average molecular weight is 598 g/mol. The fourth-order valence-corrected chi connectivity index (χ4v) is 3.99. The molecule has 0 N–H and O–H groups in total. The molecule has 0 unspecified atom stereocenters. The van der Waals surface area contributed by atoms with E-state index in [-0.39, 0.29) is 41.6 Å². The Bertz CT molecular complexity index is 1610. The standard InChI is InChI=1S/C27H14F12O2/c1-2-3-12-6-11-4-5-15(23(33)20(11)25(35)22(12)32)26(36,37)40-13-7-16(28)21(17(29)8-13)27(38,39)41-14-9-18(30)24(34)19(31)10-14/h4-10H,2-3H2,1H3. The van der Waals surface area contributed by atoms with Crippen LogP contribution in [-0.2, 0) is 18.6 Å². The molecule has 0 spiro atoms. The molecule has 14 heteroatoms. The number of benzene rings is 4.